The first kappa shape index (κ1) is 24.2. The number of carbonyl (C=O) groups is 1. The van der Waals surface area contributed by atoms with Crippen molar-refractivity contribution in [2.24, 2.45) is 0 Å². The van der Waals surface area contributed by atoms with Crippen molar-refractivity contribution < 1.29 is 31.1 Å². The molecule has 1 aromatic heterocycles. The minimum Gasteiger partial charge on any atom is -0.348 e. The van der Waals surface area contributed by atoms with Crippen LogP contribution < -0.4 is 5.32 Å². The molecule has 1 N–H and O–H groups in total. The second-order valence-electron chi connectivity index (χ2n) is 7.26. The van der Waals surface area contributed by atoms with Gasteiger partial charge in [-0.3, -0.25) is 4.79 Å². The molecule has 3 rings (SSSR count). The molecule has 10 heteroatoms. The van der Waals surface area contributed by atoms with E-state index in [1.807, 2.05) is 6.92 Å². The quantitative estimate of drug-likeness (QED) is 0.448. The number of halogens is 6. The predicted octanol–water partition coefficient (Wildman–Crippen LogP) is 6.06. The molecule has 0 spiro atoms. The first-order valence-electron chi connectivity index (χ1n) is 9.97. The number of nitrogens with zero attached hydrogens (tertiary/aromatic N) is 2. The summed E-state index contributed by atoms with van der Waals surface area (Å²) in [6.45, 7) is 1.40. The molecule has 0 aliphatic rings. The molecule has 33 heavy (non-hydrogen) atoms. The SMILES string of the molecule is CCCc1ncc(C(=O)NCc2cc(C(F)(F)F)cc(C(F)(F)F)c2)c(-c2ccccc2)n1. The van der Waals surface area contributed by atoms with Gasteiger partial charge in [0.05, 0.1) is 22.4 Å². The van der Waals surface area contributed by atoms with E-state index in [1.165, 1.54) is 6.20 Å². The van der Waals surface area contributed by atoms with Gasteiger partial charge in [-0.05, 0) is 30.2 Å². The van der Waals surface area contributed by atoms with E-state index < -0.39 is 35.9 Å². The number of benzene rings is 2. The molecule has 1 heterocycles. The molecule has 174 valence electrons. The molecule has 0 aliphatic carbocycles. The van der Waals surface area contributed by atoms with Crippen LogP contribution in [0.2, 0.25) is 0 Å². The van der Waals surface area contributed by atoms with Gasteiger partial charge in [0.1, 0.15) is 5.82 Å². The smallest absolute Gasteiger partial charge is 0.348 e. The first-order chi connectivity index (χ1) is 15.5. The van der Waals surface area contributed by atoms with Crippen LogP contribution >= 0.6 is 0 Å². The Labute approximate surface area is 185 Å². The van der Waals surface area contributed by atoms with Crippen LogP contribution in [0.15, 0.2) is 54.7 Å². The van der Waals surface area contributed by atoms with Crippen LogP contribution in [0, 0.1) is 0 Å². The Bertz CT molecular complexity index is 1100. The summed E-state index contributed by atoms with van der Waals surface area (Å²) in [7, 11) is 0. The van der Waals surface area contributed by atoms with E-state index in [4.69, 9.17) is 0 Å². The minimum absolute atomic E-state index is 0.0408. The van der Waals surface area contributed by atoms with Crippen LogP contribution in [-0.4, -0.2) is 15.9 Å². The Balaban J connectivity index is 1.91. The van der Waals surface area contributed by atoms with Gasteiger partial charge in [0.15, 0.2) is 0 Å². The summed E-state index contributed by atoms with van der Waals surface area (Å²) in [6.07, 6.45) is -7.28. The zero-order valence-electron chi connectivity index (χ0n) is 17.4. The average molecular weight is 467 g/mol. The Kier molecular flexibility index (Phi) is 7.04. The van der Waals surface area contributed by atoms with Crippen LogP contribution in [0.25, 0.3) is 11.3 Å². The Morgan fingerprint density at radius 2 is 1.55 bits per heavy atom. The number of rotatable bonds is 6. The third-order valence-corrected chi connectivity index (χ3v) is 4.70. The zero-order valence-corrected chi connectivity index (χ0v) is 17.4. The number of aryl methyl sites for hydroxylation is 1. The molecule has 4 nitrogen and oxygen atoms in total. The van der Waals surface area contributed by atoms with Crippen LogP contribution in [0.4, 0.5) is 26.3 Å². The van der Waals surface area contributed by atoms with Crippen molar-refractivity contribution in [3.8, 4) is 11.3 Å². The number of amides is 1. The highest BCUT2D eigenvalue weighted by molar-refractivity contribution is 5.99. The van der Waals surface area contributed by atoms with Gasteiger partial charge in [0.25, 0.3) is 5.91 Å². The van der Waals surface area contributed by atoms with E-state index in [1.54, 1.807) is 30.3 Å². The fourth-order valence-corrected chi connectivity index (χ4v) is 3.14. The van der Waals surface area contributed by atoms with Crippen LogP contribution in [0.1, 0.15) is 46.2 Å². The van der Waals surface area contributed by atoms with Crippen molar-refractivity contribution in [3.63, 3.8) is 0 Å². The van der Waals surface area contributed by atoms with Gasteiger partial charge in [-0.1, -0.05) is 37.3 Å². The number of alkyl halides is 6. The molecular weight excluding hydrogens is 448 g/mol. The highest BCUT2D eigenvalue weighted by Crippen LogP contribution is 2.36. The summed E-state index contributed by atoms with van der Waals surface area (Å²) in [6, 6.07) is 9.94. The summed E-state index contributed by atoms with van der Waals surface area (Å²) in [5.41, 5.74) is -2.22. The van der Waals surface area contributed by atoms with Gasteiger partial charge in [-0.2, -0.15) is 26.3 Å². The molecule has 1 amide bonds. The summed E-state index contributed by atoms with van der Waals surface area (Å²) >= 11 is 0. The molecule has 0 atom stereocenters. The molecule has 3 aromatic rings. The van der Waals surface area contributed by atoms with E-state index in [2.05, 4.69) is 15.3 Å². The van der Waals surface area contributed by atoms with Gasteiger partial charge in [0.2, 0.25) is 0 Å². The van der Waals surface area contributed by atoms with E-state index >= 15 is 0 Å². The molecule has 2 aromatic carbocycles. The Morgan fingerprint density at radius 1 is 0.939 bits per heavy atom. The molecule has 0 radical (unpaired) electrons. The van der Waals surface area contributed by atoms with Crippen LogP contribution in [0.5, 0.6) is 0 Å². The Morgan fingerprint density at radius 3 is 2.09 bits per heavy atom. The maximum atomic E-state index is 13.1. The highest BCUT2D eigenvalue weighted by atomic mass is 19.4. The van der Waals surface area contributed by atoms with Gasteiger partial charge >= 0.3 is 12.4 Å². The highest BCUT2D eigenvalue weighted by Gasteiger charge is 2.36. The van der Waals surface area contributed by atoms with Gasteiger partial charge in [0, 0.05) is 24.7 Å². The molecule has 0 fully saturated rings. The summed E-state index contributed by atoms with van der Waals surface area (Å²) in [5, 5.41) is 2.38. The number of hydrogen-bond acceptors (Lipinski definition) is 3. The van der Waals surface area contributed by atoms with Gasteiger partial charge in [-0.25, -0.2) is 9.97 Å². The largest absolute Gasteiger partial charge is 0.416 e. The minimum atomic E-state index is -4.97. The zero-order chi connectivity index (χ0) is 24.2. The fourth-order valence-electron chi connectivity index (χ4n) is 3.14. The predicted molar refractivity (Wildman–Crippen MR) is 109 cm³/mol. The van der Waals surface area contributed by atoms with Gasteiger partial charge < -0.3 is 5.32 Å². The maximum absolute atomic E-state index is 13.1. The normalized spacial score (nSPS) is 12.0. The maximum Gasteiger partial charge on any atom is 0.416 e. The van der Waals surface area contributed by atoms with Crippen molar-refractivity contribution in [1.82, 2.24) is 15.3 Å². The van der Waals surface area contributed by atoms with Crippen molar-refractivity contribution >= 4 is 5.91 Å². The third-order valence-electron chi connectivity index (χ3n) is 4.70. The average Bonchev–Trinajstić information content (AvgIpc) is 2.77. The number of hydrogen-bond donors (Lipinski definition) is 1. The number of nitrogens with one attached hydrogen (secondary N) is 1. The molecule has 0 bridgehead atoms. The van der Waals surface area contributed by atoms with E-state index in [0.717, 1.165) is 6.42 Å². The standard InChI is InChI=1S/C23H19F6N3O/c1-2-6-19-30-13-18(20(32-19)15-7-4-3-5-8-15)21(33)31-12-14-9-16(22(24,25)26)11-17(10-14)23(27,28)29/h3-5,7-11,13H,2,6,12H2,1H3,(H,31,33). The lowest BCUT2D eigenvalue weighted by atomic mass is 10.0. The van der Waals surface area contributed by atoms with E-state index in [9.17, 15) is 31.1 Å². The summed E-state index contributed by atoms with van der Waals surface area (Å²) in [4.78, 5) is 21.4. The molecule has 0 saturated carbocycles. The summed E-state index contributed by atoms with van der Waals surface area (Å²) in [5.74, 6) is -0.205. The number of aromatic nitrogens is 2. The van der Waals surface area contributed by atoms with Gasteiger partial charge in [-0.15, -0.1) is 0 Å². The van der Waals surface area contributed by atoms with Crippen molar-refractivity contribution in [3.05, 3.63) is 82.8 Å². The second-order valence-corrected chi connectivity index (χ2v) is 7.26. The lowest BCUT2D eigenvalue weighted by molar-refractivity contribution is -0.143. The van der Waals surface area contributed by atoms with Crippen molar-refractivity contribution in [1.29, 1.82) is 0 Å². The fraction of sp³-hybridized carbons (Fsp3) is 0.261. The van der Waals surface area contributed by atoms with Crippen LogP contribution in [-0.2, 0) is 25.3 Å². The lowest BCUT2D eigenvalue weighted by Gasteiger charge is -2.15. The van der Waals surface area contributed by atoms with Crippen LogP contribution in [0.3, 0.4) is 0 Å². The summed E-state index contributed by atoms with van der Waals surface area (Å²) < 4.78 is 78.4. The lowest BCUT2D eigenvalue weighted by Crippen LogP contribution is -2.25. The Hall–Kier alpha value is -3.43. The molecule has 0 aliphatic heterocycles. The monoisotopic (exact) mass is 467 g/mol. The molecule has 0 unspecified atom stereocenters. The third kappa shape index (κ3) is 6.09. The molecular formula is C23H19F6N3O. The topological polar surface area (TPSA) is 54.9 Å². The molecule has 0 saturated heterocycles. The van der Waals surface area contributed by atoms with E-state index in [-0.39, 0.29) is 17.2 Å². The van der Waals surface area contributed by atoms with Crippen molar-refractivity contribution in [2.75, 3.05) is 0 Å². The van der Waals surface area contributed by atoms with E-state index in [0.29, 0.717) is 35.6 Å². The first-order valence-corrected chi connectivity index (χ1v) is 9.97. The number of carbonyl (C=O) groups excluding carboxylic acids is 1. The van der Waals surface area contributed by atoms with Crippen molar-refractivity contribution in [2.45, 2.75) is 38.7 Å². The second kappa shape index (κ2) is 9.60.